The van der Waals surface area contributed by atoms with E-state index < -0.39 is 11.8 Å². The van der Waals surface area contributed by atoms with Crippen molar-refractivity contribution in [2.45, 2.75) is 27.7 Å². The van der Waals surface area contributed by atoms with Crippen LogP contribution in [0.5, 0.6) is 11.5 Å². The van der Waals surface area contributed by atoms with E-state index in [0.29, 0.717) is 17.2 Å². The van der Waals surface area contributed by atoms with Gasteiger partial charge in [-0.05, 0) is 69.2 Å². The number of rotatable bonds is 6. The first-order chi connectivity index (χ1) is 15.7. The van der Waals surface area contributed by atoms with E-state index >= 15 is 0 Å². The molecular weight excluding hydrogens is 420 g/mol. The number of hydrogen-bond donors (Lipinski definition) is 2. The number of hydrazone groups is 1. The Bertz CT molecular complexity index is 1230. The molecule has 0 unspecified atom stereocenters. The van der Waals surface area contributed by atoms with Gasteiger partial charge < -0.3 is 19.4 Å². The number of nitrogens with zero attached hydrogens (tertiary/aromatic N) is 2. The third-order valence-corrected chi connectivity index (χ3v) is 5.45. The van der Waals surface area contributed by atoms with Crippen molar-refractivity contribution >= 4 is 23.7 Å². The van der Waals surface area contributed by atoms with Crippen molar-refractivity contribution in [1.82, 2.24) is 9.99 Å². The minimum absolute atomic E-state index is 0.318. The second-order valence-electron chi connectivity index (χ2n) is 7.65. The molecule has 33 heavy (non-hydrogen) atoms. The summed E-state index contributed by atoms with van der Waals surface area (Å²) in [5, 5.41) is 6.47. The Kier molecular flexibility index (Phi) is 7.17. The molecule has 3 aromatic rings. The third kappa shape index (κ3) is 5.23. The highest BCUT2D eigenvalue weighted by atomic mass is 16.5. The molecule has 8 heteroatoms. The maximum absolute atomic E-state index is 12.3. The van der Waals surface area contributed by atoms with Crippen LogP contribution < -0.4 is 20.2 Å². The molecule has 0 aliphatic rings. The van der Waals surface area contributed by atoms with Gasteiger partial charge in [0.25, 0.3) is 0 Å². The summed E-state index contributed by atoms with van der Waals surface area (Å²) in [6, 6.07) is 13.2. The Balaban J connectivity index is 1.71. The molecule has 1 aromatic heterocycles. The van der Waals surface area contributed by atoms with Gasteiger partial charge in [0.1, 0.15) is 11.5 Å². The molecule has 0 spiro atoms. The van der Waals surface area contributed by atoms with Crippen molar-refractivity contribution in [2.24, 2.45) is 5.10 Å². The molecular formula is C25H28N4O4. The normalized spacial score (nSPS) is 10.8. The molecule has 0 bridgehead atoms. The molecule has 8 nitrogen and oxygen atoms in total. The maximum atomic E-state index is 12.3. The predicted octanol–water partition coefficient (Wildman–Crippen LogP) is 3.82. The van der Waals surface area contributed by atoms with Gasteiger partial charge in [-0.3, -0.25) is 9.59 Å². The van der Waals surface area contributed by atoms with Crippen molar-refractivity contribution in [1.29, 1.82) is 0 Å². The molecule has 3 rings (SSSR count). The van der Waals surface area contributed by atoms with Crippen molar-refractivity contribution in [2.75, 3.05) is 19.5 Å². The van der Waals surface area contributed by atoms with Gasteiger partial charge >= 0.3 is 11.8 Å². The minimum atomic E-state index is -0.904. The Labute approximate surface area is 193 Å². The van der Waals surface area contributed by atoms with Gasteiger partial charge in [-0.25, -0.2) is 5.43 Å². The zero-order valence-electron chi connectivity index (χ0n) is 19.6. The van der Waals surface area contributed by atoms with E-state index in [4.69, 9.17) is 9.47 Å². The van der Waals surface area contributed by atoms with Gasteiger partial charge in [0.2, 0.25) is 0 Å². The quantitative estimate of drug-likeness (QED) is 0.341. The summed E-state index contributed by atoms with van der Waals surface area (Å²) in [7, 11) is 2.97. The van der Waals surface area contributed by atoms with Crippen LogP contribution in [0.25, 0.3) is 5.69 Å². The molecule has 0 atom stereocenters. The van der Waals surface area contributed by atoms with Crippen LogP contribution >= 0.6 is 0 Å². The fourth-order valence-electron chi connectivity index (χ4n) is 3.48. The minimum Gasteiger partial charge on any atom is -0.497 e. The highest BCUT2D eigenvalue weighted by Crippen LogP contribution is 2.28. The smallest absolute Gasteiger partial charge is 0.329 e. The number of amides is 2. The molecule has 0 radical (unpaired) electrons. The molecule has 2 aromatic carbocycles. The van der Waals surface area contributed by atoms with Gasteiger partial charge in [0, 0.05) is 28.7 Å². The van der Waals surface area contributed by atoms with Gasteiger partial charge in [0.15, 0.2) is 0 Å². The molecule has 172 valence electrons. The predicted molar refractivity (Wildman–Crippen MR) is 129 cm³/mol. The van der Waals surface area contributed by atoms with E-state index in [-0.39, 0.29) is 0 Å². The van der Waals surface area contributed by atoms with Crippen molar-refractivity contribution in [3.8, 4) is 17.2 Å². The lowest BCUT2D eigenvalue weighted by Crippen LogP contribution is -2.32. The van der Waals surface area contributed by atoms with E-state index in [9.17, 15) is 9.59 Å². The standard InChI is InChI=1S/C25H28N4O4/c1-15-7-8-20(11-16(15)2)29-17(3)12-19(18(29)4)14-26-28-25(31)24(30)27-22-13-21(32-5)9-10-23(22)33-6/h7-14H,1-6H3,(H,27,30)(H,28,31)/b26-14-. The lowest BCUT2D eigenvalue weighted by Gasteiger charge is -2.11. The number of hydrogen-bond acceptors (Lipinski definition) is 5. The van der Waals surface area contributed by atoms with Crippen LogP contribution in [0.1, 0.15) is 28.1 Å². The summed E-state index contributed by atoms with van der Waals surface area (Å²) >= 11 is 0. The van der Waals surface area contributed by atoms with Crippen LogP contribution in [0.15, 0.2) is 47.6 Å². The highest BCUT2D eigenvalue weighted by Gasteiger charge is 2.16. The van der Waals surface area contributed by atoms with E-state index in [1.807, 2.05) is 19.9 Å². The van der Waals surface area contributed by atoms with Gasteiger partial charge in [-0.2, -0.15) is 5.10 Å². The van der Waals surface area contributed by atoms with Crippen LogP contribution in [0.4, 0.5) is 5.69 Å². The van der Waals surface area contributed by atoms with Gasteiger partial charge in [-0.15, -0.1) is 0 Å². The fraction of sp³-hybridized carbons (Fsp3) is 0.240. The van der Waals surface area contributed by atoms with Crippen LogP contribution in [0, 0.1) is 27.7 Å². The largest absolute Gasteiger partial charge is 0.497 e. The second kappa shape index (κ2) is 10.0. The number of anilines is 1. The first-order valence-corrected chi connectivity index (χ1v) is 10.4. The van der Waals surface area contributed by atoms with Crippen molar-refractivity contribution in [3.05, 3.63) is 70.5 Å². The first-order valence-electron chi connectivity index (χ1n) is 10.4. The Morgan fingerprint density at radius 2 is 1.67 bits per heavy atom. The summed E-state index contributed by atoms with van der Waals surface area (Å²) in [6.07, 6.45) is 1.52. The summed E-state index contributed by atoms with van der Waals surface area (Å²) in [5.41, 5.74) is 8.92. The van der Waals surface area contributed by atoms with Gasteiger partial charge in [0.05, 0.1) is 26.1 Å². The van der Waals surface area contributed by atoms with E-state index in [1.54, 1.807) is 18.2 Å². The fourth-order valence-corrected chi connectivity index (χ4v) is 3.48. The molecule has 1 heterocycles. The summed E-state index contributed by atoms with van der Waals surface area (Å²) in [5.74, 6) is -0.860. The van der Waals surface area contributed by atoms with Crippen molar-refractivity contribution in [3.63, 3.8) is 0 Å². The summed E-state index contributed by atoms with van der Waals surface area (Å²) in [4.78, 5) is 24.5. The summed E-state index contributed by atoms with van der Waals surface area (Å²) < 4.78 is 12.5. The zero-order valence-corrected chi connectivity index (χ0v) is 19.6. The maximum Gasteiger partial charge on any atom is 0.329 e. The van der Waals surface area contributed by atoms with Crippen molar-refractivity contribution < 1.29 is 19.1 Å². The topological polar surface area (TPSA) is 93.9 Å². The number of carbonyl (C=O) groups is 2. The molecule has 0 aliphatic heterocycles. The number of nitrogens with one attached hydrogen (secondary N) is 2. The third-order valence-electron chi connectivity index (χ3n) is 5.45. The average Bonchev–Trinajstić information content (AvgIpc) is 3.08. The Morgan fingerprint density at radius 1 is 0.909 bits per heavy atom. The Morgan fingerprint density at radius 3 is 2.33 bits per heavy atom. The molecule has 0 saturated heterocycles. The van der Waals surface area contributed by atoms with Gasteiger partial charge in [-0.1, -0.05) is 6.07 Å². The Hall–Kier alpha value is -4.07. The van der Waals surface area contributed by atoms with Crippen LogP contribution in [0.2, 0.25) is 0 Å². The monoisotopic (exact) mass is 448 g/mol. The first kappa shape index (κ1) is 23.6. The summed E-state index contributed by atoms with van der Waals surface area (Å²) in [6.45, 7) is 8.15. The second-order valence-corrected chi connectivity index (χ2v) is 7.65. The van der Waals surface area contributed by atoms with Crippen LogP contribution in [-0.4, -0.2) is 36.8 Å². The molecule has 2 N–H and O–H groups in total. The lowest BCUT2D eigenvalue weighted by atomic mass is 10.1. The number of aryl methyl sites for hydroxylation is 3. The number of aromatic nitrogens is 1. The zero-order chi connectivity index (χ0) is 24.1. The van der Waals surface area contributed by atoms with E-state index in [2.05, 4.69) is 52.5 Å². The molecule has 0 aliphatic carbocycles. The number of carbonyl (C=O) groups excluding carboxylic acids is 2. The number of methoxy groups -OCH3 is 2. The lowest BCUT2D eigenvalue weighted by molar-refractivity contribution is -0.136. The SMILES string of the molecule is COc1ccc(OC)c(NC(=O)C(=O)N/N=C\c2cc(C)n(-c3ccc(C)c(C)c3)c2C)c1. The average molecular weight is 449 g/mol. The molecule has 0 fully saturated rings. The van der Waals surface area contributed by atoms with Crippen LogP contribution in [0.3, 0.4) is 0 Å². The van der Waals surface area contributed by atoms with E-state index in [0.717, 1.165) is 22.6 Å². The van der Waals surface area contributed by atoms with Crippen LogP contribution in [-0.2, 0) is 9.59 Å². The molecule has 2 amide bonds. The number of ether oxygens (including phenoxy) is 2. The van der Waals surface area contributed by atoms with E-state index in [1.165, 1.54) is 31.6 Å². The highest BCUT2D eigenvalue weighted by molar-refractivity contribution is 6.39. The number of benzene rings is 2. The molecule has 0 saturated carbocycles.